The molecule has 2 heterocycles. The Hall–Kier alpha value is -2.33. The molecule has 1 aliphatic rings. The molecule has 0 atom stereocenters. The van der Waals surface area contributed by atoms with E-state index in [-0.39, 0.29) is 52.4 Å². The van der Waals surface area contributed by atoms with Crippen LogP contribution in [0.4, 0.5) is 11.4 Å². The zero-order chi connectivity index (χ0) is 22.3. The first kappa shape index (κ1) is 22.4. The summed E-state index contributed by atoms with van der Waals surface area (Å²) in [7, 11) is -6.51. The van der Waals surface area contributed by atoms with Crippen LogP contribution in [0.15, 0.2) is 32.1 Å². The van der Waals surface area contributed by atoms with Crippen LogP contribution in [-0.4, -0.2) is 64.3 Å². The predicted molar refractivity (Wildman–Crippen MR) is 110 cm³/mol. The predicted octanol–water partition coefficient (Wildman–Crippen LogP) is 0.0720. The molecule has 12 nitrogen and oxygen atoms in total. The number of nitrogens with one attached hydrogen (secondary N) is 2. The second-order valence-corrected chi connectivity index (χ2v) is 11.4. The number of nitro groups is 1. The van der Waals surface area contributed by atoms with Gasteiger partial charge in [-0.05, 0) is 26.1 Å². The van der Waals surface area contributed by atoms with Gasteiger partial charge in [0.15, 0.2) is 4.21 Å². The number of thiazole rings is 1. The molecule has 0 saturated carbocycles. The van der Waals surface area contributed by atoms with Crippen molar-refractivity contribution in [3.05, 3.63) is 43.7 Å². The molecule has 1 fully saturated rings. The highest BCUT2D eigenvalue weighted by Gasteiger charge is 2.33. The third-order valence-corrected chi connectivity index (χ3v) is 9.55. The summed E-state index contributed by atoms with van der Waals surface area (Å²) >= 11 is 0.618. The van der Waals surface area contributed by atoms with Crippen molar-refractivity contribution in [2.24, 2.45) is 0 Å². The van der Waals surface area contributed by atoms with Crippen LogP contribution in [0.25, 0.3) is 0 Å². The van der Waals surface area contributed by atoms with Gasteiger partial charge in [0.05, 0.1) is 9.82 Å². The van der Waals surface area contributed by atoms with Gasteiger partial charge in [0.1, 0.15) is 5.69 Å². The number of hydrogen-bond donors (Lipinski definition) is 2. The molecule has 1 aromatic heterocycles. The van der Waals surface area contributed by atoms with Crippen molar-refractivity contribution < 1.29 is 21.8 Å². The lowest BCUT2D eigenvalue weighted by Crippen LogP contribution is -2.48. The van der Waals surface area contributed by atoms with Crippen molar-refractivity contribution in [3.63, 3.8) is 0 Å². The van der Waals surface area contributed by atoms with Crippen molar-refractivity contribution in [3.8, 4) is 0 Å². The molecular weight excluding hydrogens is 458 g/mol. The number of aromatic nitrogens is 1. The van der Waals surface area contributed by atoms with Gasteiger partial charge in [-0.3, -0.25) is 14.9 Å². The summed E-state index contributed by atoms with van der Waals surface area (Å²) in [6, 6.07) is 3.58. The molecular formula is C15H19N5O7S3. The van der Waals surface area contributed by atoms with E-state index in [1.165, 1.54) is 30.4 Å². The van der Waals surface area contributed by atoms with Crippen LogP contribution in [0, 0.1) is 17.0 Å². The summed E-state index contributed by atoms with van der Waals surface area (Å²) in [6.45, 7) is 1.95. The van der Waals surface area contributed by atoms with E-state index < -0.39 is 29.8 Å². The smallest absolute Gasteiger partial charge is 0.305 e. The Balaban J connectivity index is 1.85. The van der Waals surface area contributed by atoms with Gasteiger partial charge in [-0.15, -0.1) is 0 Å². The monoisotopic (exact) mass is 477 g/mol. The van der Waals surface area contributed by atoms with Crippen molar-refractivity contribution in [1.82, 2.24) is 14.0 Å². The quantitative estimate of drug-likeness (QED) is 0.436. The molecule has 0 spiro atoms. The van der Waals surface area contributed by atoms with E-state index in [0.717, 1.165) is 6.07 Å². The van der Waals surface area contributed by atoms with Crippen molar-refractivity contribution in [1.29, 1.82) is 0 Å². The normalized spacial score (nSPS) is 16.0. The van der Waals surface area contributed by atoms with Crippen molar-refractivity contribution in [2.45, 2.75) is 16.0 Å². The number of anilines is 1. The number of benzene rings is 1. The highest BCUT2D eigenvalue weighted by atomic mass is 32.2. The summed E-state index contributed by atoms with van der Waals surface area (Å²) in [5.41, 5.74) is 0.0845. The standard InChI is InChI=1S/C15H19N5O7S3/c1-10-14(28-15(21)17-10)30(26,27)19-7-5-18(6-8-19)12-4-3-11(29(24,25)16-2)9-13(12)20(22)23/h3-4,9,16H,5-8H2,1-2H3,(H,17,21). The van der Waals surface area contributed by atoms with Gasteiger partial charge in [-0.1, -0.05) is 11.3 Å². The van der Waals surface area contributed by atoms with Gasteiger partial charge >= 0.3 is 4.87 Å². The number of H-pyrrole nitrogens is 1. The van der Waals surface area contributed by atoms with Gasteiger partial charge in [0, 0.05) is 37.9 Å². The van der Waals surface area contributed by atoms with E-state index in [1.54, 1.807) is 4.90 Å². The lowest BCUT2D eigenvalue weighted by atomic mass is 10.2. The van der Waals surface area contributed by atoms with Crippen LogP contribution >= 0.6 is 11.3 Å². The molecule has 3 rings (SSSR count). The van der Waals surface area contributed by atoms with Crippen molar-refractivity contribution >= 4 is 42.8 Å². The SMILES string of the molecule is CNS(=O)(=O)c1ccc(N2CCN(S(=O)(=O)c3sc(=O)[nH]c3C)CC2)c([N+](=O)[O-])c1. The Morgan fingerprint density at radius 1 is 1.17 bits per heavy atom. The van der Waals surface area contributed by atoms with E-state index >= 15 is 0 Å². The van der Waals surface area contributed by atoms with Crippen molar-refractivity contribution in [2.75, 3.05) is 38.1 Å². The fourth-order valence-corrected chi connectivity index (χ4v) is 6.73. The maximum Gasteiger partial charge on any atom is 0.305 e. The Morgan fingerprint density at radius 2 is 1.80 bits per heavy atom. The van der Waals surface area contributed by atoms with Gasteiger partial charge in [-0.2, -0.15) is 4.31 Å². The zero-order valence-electron chi connectivity index (χ0n) is 16.0. The summed E-state index contributed by atoms with van der Waals surface area (Å²) in [6.07, 6.45) is 0. The molecule has 1 saturated heterocycles. The molecule has 0 radical (unpaired) electrons. The Labute approximate surface area is 176 Å². The minimum atomic E-state index is -3.86. The van der Waals surface area contributed by atoms with Crippen LogP contribution in [0.3, 0.4) is 0 Å². The summed E-state index contributed by atoms with van der Waals surface area (Å²) < 4.78 is 52.8. The fourth-order valence-electron chi connectivity index (χ4n) is 3.13. The van der Waals surface area contributed by atoms with Crippen LogP contribution in [0.5, 0.6) is 0 Å². The number of aryl methyl sites for hydroxylation is 1. The third kappa shape index (κ3) is 4.11. The molecule has 164 valence electrons. The lowest BCUT2D eigenvalue weighted by molar-refractivity contribution is -0.384. The highest BCUT2D eigenvalue weighted by Crippen LogP contribution is 2.32. The lowest BCUT2D eigenvalue weighted by Gasteiger charge is -2.34. The average Bonchev–Trinajstić information content (AvgIpc) is 3.06. The Bertz CT molecular complexity index is 1240. The number of nitrogens with zero attached hydrogens (tertiary/aromatic N) is 3. The third-order valence-electron chi connectivity index (χ3n) is 4.66. The number of rotatable bonds is 6. The van der Waals surface area contributed by atoms with Crippen LogP contribution in [0.2, 0.25) is 0 Å². The first-order chi connectivity index (χ1) is 14.0. The van der Waals surface area contributed by atoms with Crippen LogP contribution in [0.1, 0.15) is 5.69 Å². The summed E-state index contributed by atoms with van der Waals surface area (Å²) in [4.78, 5) is 25.7. The first-order valence-corrected chi connectivity index (χ1v) is 12.4. The first-order valence-electron chi connectivity index (χ1n) is 8.64. The largest absolute Gasteiger partial charge is 0.363 e. The fraction of sp³-hybridized carbons (Fsp3) is 0.400. The minimum absolute atomic E-state index is 0.0476. The minimum Gasteiger partial charge on any atom is -0.363 e. The van der Waals surface area contributed by atoms with Gasteiger partial charge in [-0.25, -0.2) is 21.6 Å². The molecule has 2 aromatic rings. The summed E-state index contributed by atoms with van der Waals surface area (Å²) in [5.74, 6) is 0. The van der Waals surface area contributed by atoms with Gasteiger partial charge in [0.25, 0.3) is 15.7 Å². The maximum absolute atomic E-state index is 12.8. The van der Waals surface area contributed by atoms with Crippen LogP contribution < -0.4 is 14.5 Å². The molecule has 30 heavy (non-hydrogen) atoms. The van der Waals surface area contributed by atoms with E-state index in [2.05, 4.69) is 9.71 Å². The number of sulfonamides is 2. The molecule has 0 unspecified atom stereocenters. The highest BCUT2D eigenvalue weighted by molar-refractivity contribution is 7.91. The topological polar surface area (TPSA) is 163 Å². The van der Waals surface area contributed by atoms with Gasteiger partial charge in [0.2, 0.25) is 10.0 Å². The second kappa shape index (κ2) is 8.07. The zero-order valence-corrected chi connectivity index (χ0v) is 18.4. The van der Waals surface area contributed by atoms with Gasteiger partial charge < -0.3 is 9.88 Å². The molecule has 0 aliphatic carbocycles. The average molecular weight is 478 g/mol. The maximum atomic E-state index is 12.8. The van der Waals surface area contributed by atoms with Crippen LogP contribution in [-0.2, 0) is 20.0 Å². The second-order valence-electron chi connectivity index (χ2n) is 6.43. The number of nitro benzene ring substituents is 1. The molecule has 0 amide bonds. The Kier molecular flexibility index (Phi) is 6.01. The molecule has 1 aliphatic heterocycles. The van der Waals surface area contributed by atoms with E-state index in [0.29, 0.717) is 11.3 Å². The number of aromatic amines is 1. The molecule has 15 heteroatoms. The number of hydrogen-bond acceptors (Lipinski definition) is 9. The number of piperazine rings is 1. The van der Waals surface area contributed by atoms with E-state index in [9.17, 15) is 31.7 Å². The molecule has 2 N–H and O–H groups in total. The van der Waals surface area contributed by atoms with E-state index in [1.807, 2.05) is 0 Å². The Morgan fingerprint density at radius 3 is 2.30 bits per heavy atom. The van der Waals surface area contributed by atoms with E-state index in [4.69, 9.17) is 0 Å². The summed E-state index contributed by atoms with van der Waals surface area (Å²) in [5, 5.41) is 11.5. The molecule has 1 aromatic carbocycles. The molecule has 0 bridgehead atoms.